The third-order valence-electron chi connectivity index (χ3n) is 10.8. The molecule has 12 rings (SSSR count). The highest BCUT2D eigenvalue weighted by Crippen LogP contribution is 2.39. The molecule has 280 valence electrons. The molecule has 0 atom stereocenters. The van der Waals surface area contributed by atoms with E-state index in [1.807, 2.05) is 103 Å². The highest BCUT2D eigenvalue weighted by Gasteiger charge is 2.18. The summed E-state index contributed by atoms with van der Waals surface area (Å²) in [5.74, 6) is 1.21. The second-order valence-corrected chi connectivity index (χ2v) is 14.4. The third-order valence-corrected chi connectivity index (χ3v) is 10.8. The van der Waals surface area contributed by atoms with Gasteiger partial charge in [-0.2, -0.15) is 0 Å². The van der Waals surface area contributed by atoms with Crippen molar-refractivity contribution in [3.05, 3.63) is 200 Å². The zero-order valence-corrected chi connectivity index (χ0v) is 31.5. The number of furan rings is 2. The van der Waals surface area contributed by atoms with Crippen LogP contribution in [0.15, 0.2) is 209 Å². The molecule has 0 fully saturated rings. The van der Waals surface area contributed by atoms with Gasteiger partial charge in [-0.05, 0) is 81.2 Å². The van der Waals surface area contributed by atoms with E-state index in [9.17, 15) is 1.37 Å². The molecule has 0 aliphatic heterocycles. The number of hydrogen-bond donors (Lipinski definition) is 0. The summed E-state index contributed by atoms with van der Waals surface area (Å²) in [7, 11) is 0. The number of rotatable bonds is 6. The van der Waals surface area contributed by atoms with Gasteiger partial charge in [0.15, 0.2) is 17.5 Å². The third kappa shape index (κ3) is 5.75. The fraction of sp³-hybridized carbons (Fsp3) is 0. The number of hydrogen-bond acceptors (Lipinski definition) is 5. The summed E-state index contributed by atoms with van der Waals surface area (Å²) in [6.07, 6.45) is 0. The van der Waals surface area contributed by atoms with E-state index in [-0.39, 0.29) is 56.4 Å². The lowest BCUT2D eigenvalue weighted by Crippen LogP contribution is -2.00. The Hall–Kier alpha value is -8.15. The van der Waals surface area contributed by atoms with E-state index in [0.717, 1.165) is 44.2 Å². The molecule has 60 heavy (non-hydrogen) atoms. The van der Waals surface area contributed by atoms with Crippen molar-refractivity contribution in [1.82, 2.24) is 15.0 Å². The van der Waals surface area contributed by atoms with Crippen molar-refractivity contribution >= 4 is 54.6 Å². The summed E-state index contributed by atoms with van der Waals surface area (Å²) in [4.78, 5) is 15.1. The SMILES string of the molecule is [2H]c1c([2H])c([2H])c2c(c1[2H])c([2H])c([2H])c1c2oc2c([2H])c(-c3ccc(-c4nc(-c5cccc(-c6ccccc6)c5)nc(-c5ccc6c(c5)oc5cccc(-c7ccccc7)c56)n4)cc3)c([2H])c([2H])c21. The number of benzene rings is 9. The summed E-state index contributed by atoms with van der Waals surface area (Å²) in [5, 5.41) is 1.54. The van der Waals surface area contributed by atoms with Crippen molar-refractivity contribution in [2.24, 2.45) is 0 Å². The minimum absolute atomic E-state index is 0.0489. The van der Waals surface area contributed by atoms with Crippen LogP contribution in [0.5, 0.6) is 0 Å². The Bertz CT molecular complexity index is 4120. The van der Waals surface area contributed by atoms with Crippen molar-refractivity contribution in [3.8, 4) is 67.5 Å². The lowest BCUT2D eigenvalue weighted by atomic mass is 9.99. The van der Waals surface area contributed by atoms with Crippen LogP contribution in [0.4, 0.5) is 0 Å². The number of fused-ring (bicyclic) bond motifs is 8. The zero-order chi connectivity index (χ0) is 47.4. The Kier molecular flexibility index (Phi) is 5.95. The van der Waals surface area contributed by atoms with E-state index in [1.54, 1.807) is 24.3 Å². The van der Waals surface area contributed by atoms with Gasteiger partial charge in [0.25, 0.3) is 0 Å². The van der Waals surface area contributed by atoms with Crippen molar-refractivity contribution in [1.29, 1.82) is 0 Å². The topological polar surface area (TPSA) is 65.0 Å². The minimum atomic E-state index is -0.554. The van der Waals surface area contributed by atoms with Gasteiger partial charge in [0.1, 0.15) is 22.3 Å². The van der Waals surface area contributed by atoms with Crippen molar-refractivity contribution in [2.75, 3.05) is 0 Å². The molecule has 5 heteroatoms. The quantitative estimate of drug-likeness (QED) is 0.168. The van der Waals surface area contributed by atoms with E-state index in [0.29, 0.717) is 39.7 Å². The van der Waals surface area contributed by atoms with Gasteiger partial charge in [-0.15, -0.1) is 0 Å². The van der Waals surface area contributed by atoms with E-state index in [4.69, 9.17) is 34.8 Å². The summed E-state index contributed by atoms with van der Waals surface area (Å²) < 4.78 is 91.6. The lowest BCUT2D eigenvalue weighted by molar-refractivity contribution is 0.669. The Balaban J connectivity index is 0.998. The van der Waals surface area contributed by atoms with Crippen molar-refractivity contribution in [3.63, 3.8) is 0 Å². The molecule has 0 aliphatic rings. The molecule has 12 aromatic rings. The van der Waals surface area contributed by atoms with Crippen LogP contribution in [0, 0.1) is 0 Å². The van der Waals surface area contributed by atoms with Crippen LogP contribution in [0.1, 0.15) is 12.3 Å². The van der Waals surface area contributed by atoms with Crippen molar-refractivity contribution in [2.45, 2.75) is 0 Å². The first-order valence-corrected chi connectivity index (χ1v) is 19.4. The summed E-state index contributed by atoms with van der Waals surface area (Å²) in [6, 6.07) is 43.3. The normalized spacial score (nSPS) is 13.8. The second kappa shape index (κ2) is 13.8. The van der Waals surface area contributed by atoms with E-state index in [1.165, 1.54) is 0 Å². The molecule has 0 unspecified atom stereocenters. The summed E-state index contributed by atoms with van der Waals surface area (Å²) in [6.45, 7) is 0. The fourth-order valence-corrected chi connectivity index (χ4v) is 7.89. The van der Waals surface area contributed by atoms with Crippen LogP contribution >= 0.6 is 0 Å². The molecule has 0 bridgehead atoms. The first kappa shape index (κ1) is 26.0. The van der Waals surface area contributed by atoms with Gasteiger partial charge in [-0.1, -0.05) is 158 Å². The van der Waals surface area contributed by atoms with Gasteiger partial charge in [0.05, 0.1) is 12.3 Å². The Morgan fingerprint density at radius 1 is 0.367 bits per heavy atom. The maximum atomic E-state index is 9.35. The van der Waals surface area contributed by atoms with E-state index >= 15 is 0 Å². The monoisotopic (exact) mass is 776 g/mol. The average Bonchev–Trinajstić information content (AvgIpc) is 3.98. The Labute approximate surface area is 357 Å². The fourth-order valence-electron chi connectivity index (χ4n) is 7.89. The number of aromatic nitrogens is 3. The Morgan fingerprint density at radius 3 is 1.82 bits per heavy atom. The molecule has 0 N–H and O–H groups in total. The zero-order valence-electron chi connectivity index (χ0n) is 40.5. The van der Waals surface area contributed by atoms with Crippen LogP contribution < -0.4 is 0 Å². The molecular weight excluding hydrogens is 735 g/mol. The van der Waals surface area contributed by atoms with Crippen LogP contribution in [-0.2, 0) is 0 Å². The molecule has 0 saturated carbocycles. The molecule has 3 aromatic heterocycles. The predicted molar refractivity (Wildman–Crippen MR) is 245 cm³/mol. The smallest absolute Gasteiger partial charge is 0.164 e. The maximum absolute atomic E-state index is 9.35. The highest BCUT2D eigenvalue weighted by atomic mass is 16.3. The lowest BCUT2D eigenvalue weighted by Gasteiger charge is -2.10. The second-order valence-electron chi connectivity index (χ2n) is 14.4. The van der Waals surface area contributed by atoms with Gasteiger partial charge in [0, 0.05) is 43.6 Å². The molecule has 0 saturated heterocycles. The molecule has 3 heterocycles. The predicted octanol–water partition coefficient (Wildman–Crippen LogP) is 14.8. The van der Waals surface area contributed by atoms with Gasteiger partial charge >= 0.3 is 0 Å². The standard InChI is InChI=1S/C55H33N3O2/c1-3-11-34(12-4-1)39-16-9-17-41(31-39)54-56-53(57-55(58-54)42-27-30-47-50(33-42)59-48-20-10-19-43(51(47)48)36-13-5-2-6-14-36)38-23-21-35(22-24-38)40-26-28-45-46-29-25-37-15-7-8-18-44(37)52(46)60-49(45)32-40/h1-33H/i7D,8D,15D,18D,25D,26D,28D,29D,32D. The molecule has 0 spiro atoms. The van der Waals surface area contributed by atoms with Crippen LogP contribution in [-0.4, -0.2) is 15.0 Å². The van der Waals surface area contributed by atoms with Gasteiger partial charge in [0.2, 0.25) is 0 Å². The summed E-state index contributed by atoms with van der Waals surface area (Å²) in [5.41, 5.74) is 7.90. The largest absolute Gasteiger partial charge is 0.456 e. The first-order chi connectivity index (χ1) is 33.5. The average molecular weight is 777 g/mol. The first-order valence-electron chi connectivity index (χ1n) is 23.9. The molecule has 9 aromatic carbocycles. The molecule has 0 amide bonds. The van der Waals surface area contributed by atoms with Crippen molar-refractivity contribution < 1.29 is 21.2 Å². The van der Waals surface area contributed by atoms with Crippen LogP contribution in [0.25, 0.3) is 122 Å². The molecule has 0 aliphatic carbocycles. The van der Waals surface area contributed by atoms with Gasteiger partial charge in [-0.3, -0.25) is 0 Å². The Morgan fingerprint density at radius 2 is 1.00 bits per heavy atom. The molecule has 0 radical (unpaired) electrons. The van der Waals surface area contributed by atoms with E-state index in [2.05, 4.69) is 18.2 Å². The maximum Gasteiger partial charge on any atom is 0.164 e. The van der Waals surface area contributed by atoms with Gasteiger partial charge < -0.3 is 8.83 Å². The van der Waals surface area contributed by atoms with Crippen LogP contribution in [0.3, 0.4) is 0 Å². The van der Waals surface area contributed by atoms with E-state index < -0.39 is 36.3 Å². The minimum Gasteiger partial charge on any atom is -0.456 e. The molecular formula is C55H33N3O2. The summed E-state index contributed by atoms with van der Waals surface area (Å²) >= 11 is 0. The van der Waals surface area contributed by atoms with Gasteiger partial charge in [-0.25, -0.2) is 15.0 Å². The molecule has 5 nitrogen and oxygen atoms in total. The number of nitrogens with zero attached hydrogens (tertiary/aromatic N) is 3. The van der Waals surface area contributed by atoms with Crippen LogP contribution in [0.2, 0.25) is 0 Å². The highest BCUT2D eigenvalue weighted by molar-refractivity contribution is 6.15.